The first kappa shape index (κ1) is 21.3. The molecule has 84 valence electrons. The molecule has 0 aliphatic heterocycles. The Balaban J connectivity index is -0.000000720. The number of ether oxygens (including phenoxy) is 1. The van der Waals surface area contributed by atoms with E-state index in [1.54, 1.807) is 0 Å². The van der Waals surface area contributed by atoms with Crippen molar-refractivity contribution in [3.05, 3.63) is 6.92 Å². The van der Waals surface area contributed by atoms with Crippen LogP contribution in [0.15, 0.2) is 0 Å². The Bertz CT molecular complexity index is 188. The predicted molar refractivity (Wildman–Crippen MR) is 63.0 cm³/mol. The van der Waals surface area contributed by atoms with E-state index in [1.165, 1.54) is 0 Å². The number of rotatable bonds is 3. The molecule has 0 aromatic heterocycles. The summed E-state index contributed by atoms with van der Waals surface area (Å²) < 4.78 is 5.70. The molecule has 0 spiro atoms. The molecule has 0 fully saturated rings. The molecule has 0 saturated carbocycles. The van der Waals surface area contributed by atoms with Crippen LogP contribution in [0.2, 0.25) is 0 Å². The van der Waals surface area contributed by atoms with E-state index in [0.29, 0.717) is 6.42 Å². The number of unbranched alkanes of at least 4 members (excludes halogenated alkanes) is 1. The van der Waals surface area contributed by atoms with Crippen molar-refractivity contribution >= 4 is 23.1 Å². The molecule has 0 heterocycles. The fourth-order valence-corrected chi connectivity index (χ4v) is 0.898. The Kier molecular flexibility index (Phi) is 16.3. The van der Waals surface area contributed by atoms with Crippen LogP contribution in [-0.2, 0) is 4.74 Å². The third-order valence-electron chi connectivity index (χ3n) is 1.40. The maximum Gasteiger partial charge on any atom is 2.00 e. The third kappa shape index (κ3) is 15.0. The molecule has 0 N–H and O–H groups in total. The van der Waals surface area contributed by atoms with Crippen LogP contribution in [0.5, 0.6) is 0 Å². The van der Waals surface area contributed by atoms with E-state index in [4.69, 9.17) is 4.74 Å². The van der Waals surface area contributed by atoms with E-state index in [-0.39, 0.29) is 58.7 Å². The first-order valence-corrected chi connectivity index (χ1v) is 4.95. The molecule has 0 aliphatic carbocycles. The number of hydrogen-bond acceptors (Lipinski definition) is 1. The zero-order valence-electron chi connectivity index (χ0n) is 10.4. The van der Waals surface area contributed by atoms with Gasteiger partial charge in [-0.15, -0.1) is 12.3 Å². The van der Waals surface area contributed by atoms with Crippen molar-refractivity contribution in [1.82, 2.24) is 0 Å². The molecule has 0 aromatic rings. The van der Waals surface area contributed by atoms with Gasteiger partial charge in [0.2, 0.25) is 0 Å². The summed E-state index contributed by atoms with van der Waals surface area (Å²) in [5.41, 5.74) is -0.122. The minimum atomic E-state index is -0.122. The summed E-state index contributed by atoms with van der Waals surface area (Å²) in [5.74, 6) is 6.19. The van der Waals surface area contributed by atoms with E-state index in [2.05, 4.69) is 25.7 Å². The summed E-state index contributed by atoms with van der Waals surface area (Å²) in [6.45, 7) is 12.1. The zero-order valence-corrected chi connectivity index (χ0v) is 14.0. The van der Waals surface area contributed by atoms with E-state index >= 15 is 0 Å². The van der Waals surface area contributed by atoms with Gasteiger partial charge in [-0.3, -0.25) is 0 Å². The quantitative estimate of drug-likeness (QED) is 0.302. The van der Waals surface area contributed by atoms with Gasteiger partial charge in [-0.05, 0) is 27.2 Å². The van der Waals surface area contributed by atoms with Crippen molar-refractivity contribution in [3.63, 3.8) is 0 Å². The van der Waals surface area contributed by atoms with Crippen LogP contribution in [0, 0.1) is 18.8 Å². The van der Waals surface area contributed by atoms with Gasteiger partial charge in [0.05, 0.1) is 11.7 Å². The standard InChI is InChI=1S/C12H21O.HI.Mg/c1-6-8-9-10-11(7-2)13-12(3,4)5;;/h11H,2,6-8H2,1,3-5H3;1H;/q-1;;+2/p-1. The summed E-state index contributed by atoms with van der Waals surface area (Å²) in [6.07, 6.45) is 2.76. The van der Waals surface area contributed by atoms with E-state index in [9.17, 15) is 0 Å². The summed E-state index contributed by atoms with van der Waals surface area (Å²) in [7, 11) is 0. The monoisotopic (exact) mass is 332 g/mol. The summed E-state index contributed by atoms with van der Waals surface area (Å²) >= 11 is 0. The van der Waals surface area contributed by atoms with Gasteiger partial charge < -0.3 is 35.6 Å². The second-order valence-corrected chi connectivity index (χ2v) is 4.08. The summed E-state index contributed by atoms with van der Waals surface area (Å²) in [6, 6.07) is 0. The molecule has 0 saturated heterocycles. The van der Waals surface area contributed by atoms with Gasteiger partial charge >= 0.3 is 23.1 Å². The predicted octanol–water partition coefficient (Wildman–Crippen LogP) is -0.179. The van der Waals surface area contributed by atoms with Gasteiger partial charge in [-0.25, -0.2) is 0 Å². The fourth-order valence-electron chi connectivity index (χ4n) is 0.898. The van der Waals surface area contributed by atoms with Gasteiger partial charge in [0.1, 0.15) is 0 Å². The van der Waals surface area contributed by atoms with Crippen molar-refractivity contribution in [3.8, 4) is 11.8 Å². The first-order chi connectivity index (χ1) is 5.99. The largest absolute Gasteiger partial charge is 2.00 e. The average Bonchev–Trinajstić information content (AvgIpc) is 2.01. The number of halogens is 1. The minimum absolute atomic E-state index is 0. The van der Waals surface area contributed by atoms with E-state index in [1.807, 2.05) is 20.8 Å². The Labute approximate surface area is 128 Å². The molecule has 1 atom stereocenters. The molecule has 3 heteroatoms. The van der Waals surface area contributed by atoms with Gasteiger partial charge in [0, 0.05) is 6.42 Å². The maximum atomic E-state index is 5.70. The first-order valence-electron chi connectivity index (χ1n) is 4.95. The van der Waals surface area contributed by atoms with E-state index in [0.717, 1.165) is 12.8 Å². The molecule has 1 unspecified atom stereocenters. The van der Waals surface area contributed by atoms with Gasteiger partial charge in [-0.1, -0.05) is 12.8 Å². The van der Waals surface area contributed by atoms with Crippen LogP contribution in [0.25, 0.3) is 0 Å². The zero-order chi connectivity index (χ0) is 10.3. The van der Waals surface area contributed by atoms with Crippen LogP contribution < -0.4 is 24.0 Å². The maximum absolute atomic E-state index is 5.70. The van der Waals surface area contributed by atoms with Gasteiger partial charge in [0.25, 0.3) is 0 Å². The smallest absolute Gasteiger partial charge is 1.00 e. The summed E-state index contributed by atoms with van der Waals surface area (Å²) in [4.78, 5) is 0. The van der Waals surface area contributed by atoms with Crippen LogP contribution in [0.3, 0.4) is 0 Å². The fraction of sp³-hybridized carbons (Fsp3) is 0.750. The van der Waals surface area contributed by atoms with Crippen molar-refractivity contribution in [2.45, 2.75) is 58.7 Å². The Hall–Kier alpha value is 1.02. The van der Waals surface area contributed by atoms with Crippen molar-refractivity contribution in [1.29, 1.82) is 0 Å². The van der Waals surface area contributed by atoms with Crippen LogP contribution in [0.1, 0.15) is 47.0 Å². The van der Waals surface area contributed by atoms with Crippen molar-refractivity contribution in [2.24, 2.45) is 0 Å². The molecule has 0 aromatic carbocycles. The summed E-state index contributed by atoms with van der Waals surface area (Å²) in [5, 5.41) is 0. The second kappa shape index (κ2) is 11.5. The normalized spacial score (nSPS) is 11.5. The molecule has 0 aliphatic rings. The van der Waals surface area contributed by atoms with Gasteiger partial charge in [-0.2, -0.15) is 0 Å². The molecule has 0 radical (unpaired) electrons. The van der Waals surface area contributed by atoms with Crippen molar-refractivity contribution < 1.29 is 28.7 Å². The number of hydrogen-bond donors (Lipinski definition) is 0. The van der Waals surface area contributed by atoms with Crippen LogP contribution >= 0.6 is 0 Å². The molecule has 1 nitrogen and oxygen atoms in total. The van der Waals surface area contributed by atoms with Gasteiger partial charge in [0.15, 0.2) is 0 Å². The van der Waals surface area contributed by atoms with Crippen molar-refractivity contribution in [2.75, 3.05) is 0 Å². The molecule has 0 rings (SSSR count). The Morgan fingerprint density at radius 1 is 1.33 bits per heavy atom. The minimum Gasteiger partial charge on any atom is -1.00 e. The third-order valence-corrected chi connectivity index (χ3v) is 1.40. The molecule has 0 amide bonds. The topological polar surface area (TPSA) is 9.23 Å². The molecular weight excluding hydrogens is 311 g/mol. The molecule has 15 heavy (non-hydrogen) atoms. The Morgan fingerprint density at radius 2 is 1.87 bits per heavy atom. The second-order valence-electron chi connectivity index (χ2n) is 4.08. The Morgan fingerprint density at radius 3 is 2.20 bits per heavy atom. The molecule has 0 bridgehead atoms. The van der Waals surface area contributed by atoms with Crippen LogP contribution in [0.4, 0.5) is 0 Å². The van der Waals surface area contributed by atoms with E-state index < -0.39 is 0 Å². The SMILES string of the molecule is [CH2-]CC(C#CCCC)OC(C)(C)C.[I-].[Mg+2]. The molecular formula is C12H21IMgO. The average molecular weight is 333 g/mol. The van der Waals surface area contributed by atoms with Crippen LogP contribution in [-0.4, -0.2) is 34.8 Å².